The van der Waals surface area contributed by atoms with Gasteiger partial charge in [-0.05, 0) is 52.9 Å². The summed E-state index contributed by atoms with van der Waals surface area (Å²) in [7, 11) is 0. The van der Waals surface area contributed by atoms with Crippen molar-refractivity contribution in [3.05, 3.63) is 54.5 Å². The molecule has 9 heteroatoms. The summed E-state index contributed by atoms with van der Waals surface area (Å²) in [6.45, 7) is 0. The Labute approximate surface area is 154 Å². The summed E-state index contributed by atoms with van der Waals surface area (Å²) in [6, 6.07) is 10.7. The van der Waals surface area contributed by atoms with Gasteiger partial charge in [-0.1, -0.05) is 0 Å². The van der Waals surface area contributed by atoms with E-state index >= 15 is 0 Å². The zero-order chi connectivity index (χ0) is 17.8. The number of aromatic nitrogens is 5. The van der Waals surface area contributed by atoms with Crippen LogP contribution < -0.4 is 10.1 Å². The summed E-state index contributed by atoms with van der Waals surface area (Å²) in [5.74, 6) is 2.44. The summed E-state index contributed by atoms with van der Waals surface area (Å²) in [5.41, 5.74) is 1.96. The van der Waals surface area contributed by atoms with Crippen molar-refractivity contribution in [2.75, 3.05) is 16.8 Å². The topological polar surface area (TPSA) is 94.8 Å². The van der Waals surface area contributed by atoms with Crippen molar-refractivity contribution in [2.24, 2.45) is 0 Å². The minimum atomic E-state index is -0.226. The maximum absolute atomic E-state index is 12.4. The Morgan fingerprint density at radius 2 is 2.12 bits per heavy atom. The minimum Gasteiger partial charge on any atom is -0.473 e. The molecule has 1 fully saturated rings. The molecule has 8 nitrogen and oxygen atoms in total. The number of nitrogens with zero attached hydrogens (tertiary/aromatic N) is 5. The zero-order valence-electron chi connectivity index (χ0n) is 13.8. The van der Waals surface area contributed by atoms with Crippen LogP contribution in [0.5, 0.6) is 5.88 Å². The molecule has 0 saturated carbocycles. The van der Waals surface area contributed by atoms with Gasteiger partial charge in [-0.15, -0.1) is 5.10 Å². The van der Waals surface area contributed by atoms with Gasteiger partial charge in [0.25, 0.3) is 5.91 Å². The van der Waals surface area contributed by atoms with Gasteiger partial charge in [-0.25, -0.2) is 9.67 Å². The Bertz CT molecular complexity index is 861. The number of pyridine rings is 1. The van der Waals surface area contributed by atoms with E-state index in [4.69, 9.17) is 4.74 Å². The number of carbonyl (C=O) groups excluding carboxylic acids is 1. The molecule has 1 saturated heterocycles. The Hall–Kier alpha value is -2.94. The molecule has 0 aliphatic carbocycles. The van der Waals surface area contributed by atoms with Crippen molar-refractivity contribution >= 4 is 23.4 Å². The number of ether oxygens (including phenoxy) is 1. The van der Waals surface area contributed by atoms with Gasteiger partial charge in [0.15, 0.2) is 0 Å². The van der Waals surface area contributed by atoms with Gasteiger partial charge >= 0.3 is 0 Å². The molecule has 3 aromatic rings. The van der Waals surface area contributed by atoms with Gasteiger partial charge in [0.1, 0.15) is 12.4 Å². The van der Waals surface area contributed by atoms with Gasteiger partial charge < -0.3 is 10.1 Å². The van der Waals surface area contributed by atoms with Crippen LogP contribution in [0.25, 0.3) is 5.69 Å². The Kier molecular flexibility index (Phi) is 4.78. The molecule has 1 amide bonds. The smallest absolute Gasteiger partial charge is 0.257 e. The van der Waals surface area contributed by atoms with Gasteiger partial charge in [-0.2, -0.15) is 11.8 Å². The molecule has 1 atom stereocenters. The van der Waals surface area contributed by atoms with E-state index in [1.807, 2.05) is 23.9 Å². The van der Waals surface area contributed by atoms with Crippen molar-refractivity contribution in [1.29, 1.82) is 0 Å². The van der Waals surface area contributed by atoms with Gasteiger partial charge in [0.05, 0.1) is 11.3 Å². The highest BCUT2D eigenvalue weighted by Gasteiger charge is 2.17. The Morgan fingerprint density at radius 1 is 1.23 bits per heavy atom. The average Bonchev–Trinajstić information content (AvgIpc) is 3.37. The summed E-state index contributed by atoms with van der Waals surface area (Å²) < 4.78 is 7.33. The highest BCUT2D eigenvalue weighted by molar-refractivity contribution is 7.99. The predicted octanol–water partition coefficient (Wildman–Crippen LogP) is 2.19. The monoisotopic (exact) mass is 368 g/mol. The highest BCUT2D eigenvalue weighted by atomic mass is 32.2. The third kappa shape index (κ3) is 3.83. The number of benzene rings is 1. The SMILES string of the molecule is O=C(Nc1ccc(-n2cnnn2)cc1)c1ccc(OC2CCSC2)nc1. The lowest BCUT2D eigenvalue weighted by atomic mass is 10.2. The summed E-state index contributed by atoms with van der Waals surface area (Å²) in [4.78, 5) is 16.6. The van der Waals surface area contributed by atoms with E-state index in [1.54, 1.807) is 24.3 Å². The van der Waals surface area contributed by atoms with Crippen molar-refractivity contribution < 1.29 is 9.53 Å². The molecule has 2 aromatic heterocycles. The molecular weight excluding hydrogens is 352 g/mol. The third-order valence-electron chi connectivity index (χ3n) is 3.91. The van der Waals surface area contributed by atoms with Crippen LogP contribution in [0.2, 0.25) is 0 Å². The summed E-state index contributed by atoms with van der Waals surface area (Å²) in [5, 5.41) is 13.8. The van der Waals surface area contributed by atoms with Crippen molar-refractivity contribution in [2.45, 2.75) is 12.5 Å². The fourth-order valence-electron chi connectivity index (χ4n) is 2.54. The molecule has 132 valence electrons. The van der Waals surface area contributed by atoms with Crippen molar-refractivity contribution in [3.63, 3.8) is 0 Å². The maximum atomic E-state index is 12.4. The number of tetrazole rings is 1. The highest BCUT2D eigenvalue weighted by Crippen LogP contribution is 2.22. The lowest BCUT2D eigenvalue weighted by Crippen LogP contribution is -2.16. The van der Waals surface area contributed by atoms with Crippen LogP contribution in [0.4, 0.5) is 5.69 Å². The number of amides is 1. The fourth-order valence-corrected chi connectivity index (χ4v) is 3.64. The Morgan fingerprint density at radius 3 is 2.77 bits per heavy atom. The zero-order valence-corrected chi connectivity index (χ0v) is 14.6. The largest absolute Gasteiger partial charge is 0.473 e. The second-order valence-corrected chi connectivity index (χ2v) is 6.89. The van der Waals surface area contributed by atoms with E-state index < -0.39 is 0 Å². The van der Waals surface area contributed by atoms with E-state index in [-0.39, 0.29) is 12.0 Å². The molecule has 1 unspecified atom stereocenters. The first kappa shape index (κ1) is 16.5. The lowest BCUT2D eigenvalue weighted by Gasteiger charge is -2.11. The van der Waals surface area contributed by atoms with Gasteiger partial charge in [0.2, 0.25) is 5.88 Å². The molecule has 1 aromatic carbocycles. The molecule has 0 spiro atoms. The number of hydrogen-bond acceptors (Lipinski definition) is 7. The number of anilines is 1. The molecule has 1 aliphatic heterocycles. The number of thioether (sulfide) groups is 1. The van der Waals surface area contributed by atoms with Crippen LogP contribution in [0, 0.1) is 0 Å². The Balaban J connectivity index is 1.38. The van der Waals surface area contributed by atoms with Crippen molar-refractivity contribution in [1.82, 2.24) is 25.2 Å². The van der Waals surface area contributed by atoms with Crippen LogP contribution in [-0.4, -0.2) is 48.7 Å². The van der Waals surface area contributed by atoms with Crippen molar-refractivity contribution in [3.8, 4) is 11.6 Å². The molecule has 26 heavy (non-hydrogen) atoms. The maximum Gasteiger partial charge on any atom is 0.257 e. The van der Waals surface area contributed by atoms with Gasteiger partial charge in [0, 0.05) is 23.7 Å². The summed E-state index contributed by atoms with van der Waals surface area (Å²) in [6.07, 6.45) is 4.29. The number of carbonyl (C=O) groups is 1. The second kappa shape index (κ2) is 7.52. The minimum absolute atomic E-state index is 0.214. The van der Waals surface area contributed by atoms with E-state index in [1.165, 1.54) is 17.2 Å². The lowest BCUT2D eigenvalue weighted by molar-refractivity contribution is 0.102. The molecule has 0 bridgehead atoms. The first-order chi connectivity index (χ1) is 12.8. The van der Waals surface area contributed by atoms with E-state index in [0.717, 1.165) is 23.6 Å². The van der Waals surface area contributed by atoms with Crippen LogP contribution in [0.15, 0.2) is 48.9 Å². The first-order valence-corrected chi connectivity index (χ1v) is 9.29. The number of nitrogens with one attached hydrogen (secondary N) is 1. The van der Waals surface area contributed by atoms with Crippen LogP contribution >= 0.6 is 11.8 Å². The third-order valence-corrected chi connectivity index (χ3v) is 5.04. The molecular formula is C17H16N6O2S. The quantitative estimate of drug-likeness (QED) is 0.737. The fraction of sp³-hybridized carbons (Fsp3) is 0.235. The molecule has 1 N–H and O–H groups in total. The molecule has 1 aliphatic rings. The van der Waals surface area contributed by atoms with E-state index in [9.17, 15) is 4.79 Å². The van der Waals surface area contributed by atoms with Gasteiger partial charge in [-0.3, -0.25) is 4.79 Å². The molecule has 4 rings (SSSR count). The van der Waals surface area contributed by atoms with Crippen LogP contribution in [0.1, 0.15) is 16.8 Å². The first-order valence-electron chi connectivity index (χ1n) is 8.13. The number of hydrogen-bond donors (Lipinski definition) is 1. The normalized spacial score (nSPS) is 16.4. The molecule has 0 radical (unpaired) electrons. The van der Waals surface area contributed by atoms with E-state index in [0.29, 0.717) is 17.1 Å². The molecule has 3 heterocycles. The predicted molar refractivity (Wildman–Crippen MR) is 97.7 cm³/mol. The van der Waals surface area contributed by atoms with Crippen LogP contribution in [-0.2, 0) is 0 Å². The van der Waals surface area contributed by atoms with E-state index in [2.05, 4.69) is 25.8 Å². The summed E-state index contributed by atoms with van der Waals surface area (Å²) >= 11 is 1.88. The second-order valence-electron chi connectivity index (χ2n) is 5.74. The number of rotatable bonds is 5. The standard InChI is InChI=1S/C17H16N6O2S/c24-17(12-1-6-16(18-9-12)25-15-7-8-26-10-15)20-13-2-4-14(5-3-13)23-11-19-21-22-23/h1-6,9,11,15H,7-8,10H2,(H,20,24). The van der Waals surface area contributed by atoms with Crippen LogP contribution in [0.3, 0.4) is 0 Å². The average molecular weight is 368 g/mol.